The SMILES string of the molecule is O=S(=O)(NCc1nc(-c2cccnc2)cs1)c1ccc(Cl)s1. The third kappa shape index (κ3) is 3.53. The van der Waals surface area contributed by atoms with Gasteiger partial charge in [0.15, 0.2) is 0 Å². The van der Waals surface area contributed by atoms with Crippen LogP contribution < -0.4 is 4.72 Å². The van der Waals surface area contributed by atoms with Gasteiger partial charge in [0.05, 0.1) is 16.6 Å². The molecule has 9 heteroatoms. The molecular weight excluding hydrogens is 362 g/mol. The molecule has 0 saturated heterocycles. The summed E-state index contributed by atoms with van der Waals surface area (Å²) in [7, 11) is -3.55. The summed E-state index contributed by atoms with van der Waals surface area (Å²) in [6, 6.07) is 6.78. The van der Waals surface area contributed by atoms with Gasteiger partial charge in [0.25, 0.3) is 0 Å². The number of thiophene rings is 1. The van der Waals surface area contributed by atoms with Crippen LogP contribution in [-0.2, 0) is 16.6 Å². The van der Waals surface area contributed by atoms with Crippen molar-refractivity contribution in [3.8, 4) is 11.3 Å². The number of thiazole rings is 1. The highest BCUT2D eigenvalue weighted by Gasteiger charge is 2.17. The van der Waals surface area contributed by atoms with E-state index in [4.69, 9.17) is 11.6 Å². The van der Waals surface area contributed by atoms with Crippen molar-refractivity contribution in [2.24, 2.45) is 0 Å². The van der Waals surface area contributed by atoms with Gasteiger partial charge < -0.3 is 0 Å². The molecule has 0 aromatic carbocycles. The molecule has 22 heavy (non-hydrogen) atoms. The van der Waals surface area contributed by atoms with Gasteiger partial charge >= 0.3 is 0 Å². The van der Waals surface area contributed by atoms with E-state index in [2.05, 4.69) is 14.7 Å². The van der Waals surface area contributed by atoms with Gasteiger partial charge in [-0.3, -0.25) is 4.98 Å². The Bertz CT molecular complexity index is 875. The number of sulfonamides is 1. The first-order chi connectivity index (χ1) is 10.5. The number of pyridine rings is 1. The van der Waals surface area contributed by atoms with E-state index in [-0.39, 0.29) is 10.8 Å². The van der Waals surface area contributed by atoms with E-state index < -0.39 is 10.0 Å². The Kier molecular flexibility index (Phi) is 4.55. The van der Waals surface area contributed by atoms with Crippen molar-refractivity contribution in [2.75, 3.05) is 0 Å². The molecule has 0 aliphatic rings. The normalized spacial score (nSPS) is 11.7. The van der Waals surface area contributed by atoms with Crippen LogP contribution in [0, 0.1) is 0 Å². The predicted octanol–water partition coefficient (Wildman–Crippen LogP) is 3.40. The number of hydrogen-bond acceptors (Lipinski definition) is 6. The first-order valence-corrected chi connectivity index (χ1v) is 9.70. The molecular formula is C13H10ClN3O2S3. The zero-order valence-electron chi connectivity index (χ0n) is 11.1. The second-order valence-electron chi connectivity index (χ2n) is 4.25. The maximum Gasteiger partial charge on any atom is 0.250 e. The van der Waals surface area contributed by atoms with E-state index in [1.165, 1.54) is 17.4 Å². The predicted molar refractivity (Wildman–Crippen MR) is 88.7 cm³/mol. The molecule has 0 bridgehead atoms. The highest BCUT2D eigenvalue weighted by Crippen LogP contribution is 2.26. The van der Waals surface area contributed by atoms with Crippen LogP contribution in [0.2, 0.25) is 4.34 Å². The van der Waals surface area contributed by atoms with Crippen molar-refractivity contribution >= 4 is 44.3 Å². The topological polar surface area (TPSA) is 72.0 Å². The van der Waals surface area contributed by atoms with Crippen molar-refractivity contribution in [3.05, 3.63) is 51.4 Å². The van der Waals surface area contributed by atoms with Crippen LogP contribution in [0.5, 0.6) is 0 Å². The first kappa shape index (κ1) is 15.6. The van der Waals surface area contributed by atoms with Crippen molar-refractivity contribution in [3.63, 3.8) is 0 Å². The average Bonchev–Trinajstić information content (AvgIpc) is 3.15. The Labute approximate surface area is 140 Å². The van der Waals surface area contributed by atoms with Crippen LogP contribution in [-0.4, -0.2) is 18.4 Å². The van der Waals surface area contributed by atoms with Crippen LogP contribution in [0.4, 0.5) is 0 Å². The summed E-state index contributed by atoms with van der Waals surface area (Å²) >= 11 is 8.18. The Morgan fingerprint density at radius 3 is 2.82 bits per heavy atom. The van der Waals surface area contributed by atoms with E-state index in [0.717, 1.165) is 22.6 Å². The third-order valence-corrected chi connectivity index (χ3v) is 6.71. The number of nitrogens with one attached hydrogen (secondary N) is 1. The Morgan fingerprint density at radius 2 is 2.14 bits per heavy atom. The molecule has 0 amide bonds. The van der Waals surface area contributed by atoms with Gasteiger partial charge in [-0.25, -0.2) is 18.1 Å². The largest absolute Gasteiger partial charge is 0.264 e. The summed E-state index contributed by atoms with van der Waals surface area (Å²) in [6.07, 6.45) is 3.41. The van der Waals surface area contributed by atoms with Crippen molar-refractivity contribution in [2.45, 2.75) is 10.8 Å². The molecule has 0 unspecified atom stereocenters. The fraction of sp³-hybridized carbons (Fsp3) is 0.0769. The summed E-state index contributed by atoms with van der Waals surface area (Å²) in [4.78, 5) is 8.45. The molecule has 3 aromatic heterocycles. The van der Waals surface area contributed by atoms with Crippen LogP contribution in [0.15, 0.2) is 46.2 Å². The molecule has 3 rings (SSSR count). The number of aromatic nitrogens is 2. The summed E-state index contributed by atoms with van der Waals surface area (Å²) in [6.45, 7) is 0.142. The Balaban J connectivity index is 1.71. The van der Waals surface area contributed by atoms with Gasteiger partial charge in [0, 0.05) is 23.3 Å². The van der Waals surface area contributed by atoms with Gasteiger partial charge in [-0.2, -0.15) is 0 Å². The highest BCUT2D eigenvalue weighted by molar-refractivity contribution is 7.91. The third-order valence-electron chi connectivity index (χ3n) is 2.74. The molecule has 114 valence electrons. The molecule has 0 atom stereocenters. The maximum atomic E-state index is 12.1. The first-order valence-electron chi connectivity index (χ1n) is 6.14. The van der Waals surface area contributed by atoms with Gasteiger partial charge in [0.1, 0.15) is 9.22 Å². The maximum absolute atomic E-state index is 12.1. The van der Waals surface area contributed by atoms with Crippen LogP contribution in [0.1, 0.15) is 5.01 Å². The van der Waals surface area contributed by atoms with Crippen LogP contribution in [0.25, 0.3) is 11.3 Å². The zero-order valence-corrected chi connectivity index (χ0v) is 14.3. The van der Waals surface area contributed by atoms with Crippen LogP contribution >= 0.6 is 34.3 Å². The lowest BCUT2D eigenvalue weighted by Crippen LogP contribution is -2.22. The lowest BCUT2D eigenvalue weighted by atomic mass is 10.2. The number of hydrogen-bond donors (Lipinski definition) is 1. The lowest BCUT2D eigenvalue weighted by Gasteiger charge is -2.02. The number of nitrogens with zero attached hydrogens (tertiary/aromatic N) is 2. The zero-order chi connectivity index (χ0) is 15.6. The minimum absolute atomic E-state index is 0.142. The average molecular weight is 372 g/mol. The lowest BCUT2D eigenvalue weighted by molar-refractivity contribution is 0.583. The molecule has 3 heterocycles. The smallest absolute Gasteiger partial charge is 0.250 e. The monoisotopic (exact) mass is 371 g/mol. The minimum Gasteiger partial charge on any atom is -0.264 e. The quantitative estimate of drug-likeness (QED) is 0.746. The second kappa shape index (κ2) is 6.43. The highest BCUT2D eigenvalue weighted by atomic mass is 35.5. The summed E-state index contributed by atoms with van der Waals surface area (Å²) in [5.74, 6) is 0. The fourth-order valence-corrected chi connectivity index (χ4v) is 5.06. The molecule has 0 spiro atoms. The molecule has 5 nitrogen and oxygen atoms in total. The van der Waals surface area contributed by atoms with Crippen molar-refractivity contribution in [1.82, 2.24) is 14.7 Å². The Hall–Kier alpha value is -1.32. The molecule has 0 saturated carbocycles. The van der Waals surface area contributed by atoms with Crippen molar-refractivity contribution in [1.29, 1.82) is 0 Å². The second-order valence-corrected chi connectivity index (χ2v) is 8.90. The molecule has 1 N–H and O–H groups in total. The molecule has 0 fully saturated rings. The fourth-order valence-electron chi connectivity index (χ4n) is 1.71. The van der Waals surface area contributed by atoms with E-state index >= 15 is 0 Å². The molecule has 0 radical (unpaired) electrons. The minimum atomic E-state index is -3.55. The summed E-state index contributed by atoms with van der Waals surface area (Å²) < 4.78 is 27.4. The van der Waals surface area contributed by atoms with Gasteiger partial charge in [-0.1, -0.05) is 11.6 Å². The summed E-state index contributed by atoms with van der Waals surface area (Å²) in [5.41, 5.74) is 1.68. The Morgan fingerprint density at radius 1 is 1.27 bits per heavy atom. The van der Waals surface area contributed by atoms with E-state index in [1.54, 1.807) is 18.5 Å². The number of rotatable bonds is 5. The van der Waals surface area contributed by atoms with E-state index in [9.17, 15) is 8.42 Å². The standard InChI is InChI=1S/C13H10ClN3O2S3/c14-11-3-4-13(21-11)22(18,19)16-7-12-17-10(8-20-12)9-2-1-5-15-6-9/h1-6,8,16H,7H2. The van der Waals surface area contributed by atoms with Crippen LogP contribution in [0.3, 0.4) is 0 Å². The van der Waals surface area contributed by atoms with Gasteiger partial charge in [-0.15, -0.1) is 22.7 Å². The van der Waals surface area contributed by atoms with Gasteiger partial charge in [-0.05, 0) is 24.3 Å². The molecule has 3 aromatic rings. The molecule has 0 aliphatic carbocycles. The molecule has 0 aliphatic heterocycles. The van der Waals surface area contributed by atoms with E-state index in [0.29, 0.717) is 9.34 Å². The number of halogens is 1. The van der Waals surface area contributed by atoms with Gasteiger partial charge in [0.2, 0.25) is 10.0 Å². The van der Waals surface area contributed by atoms with Crippen molar-refractivity contribution < 1.29 is 8.42 Å². The van der Waals surface area contributed by atoms with E-state index in [1.807, 2.05) is 17.5 Å². The summed E-state index contributed by atoms with van der Waals surface area (Å²) in [5, 5.41) is 2.56.